The van der Waals surface area contributed by atoms with Crippen molar-refractivity contribution in [1.29, 1.82) is 0 Å². The zero-order valence-electron chi connectivity index (χ0n) is 18.8. The number of rotatable bonds is 6. The summed E-state index contributed by atoms with van der Waals surface area (Å²) in [4.78, 5) is 29.0. The first-order valence-corrected chi connectivity index (χ1v) is 10.4. The molecule has 4 rings (SSSR count). The van der Waals surface area contributed by atoms with Crippen LogP contribution in [0.4, 0.5) is 14.9 Å². The molecule has 1 aliphatic heterocycles. The highest BCUT2D eigenvalue weighted by Gasteiger charge is 2.51. The van der Waals surface area contributed by atoms with Crippen LogP contribution >= 0.6 is 0 Å². The molecule has 0 radical (unpaired) electrons. The summed E-state index contributed by atoms with van der Waals surface area (Å²) < 4.78 is 20.6. The predicted octanol–water partition coefficient (Wildman–Crippen LogP) is 3.77. The Hall–Kier alpha value is -3.49. The summed E-state index contributed by atoms with van der Waals surface area (Å²) in [6.45, 7) is 9.66. The van der Waals surface area contributed by atoms with Gasteiger partial charge in [-0.2, -0.15) is 5.10 Å². The molecule has 0 saturated carbocycles. The lowest BCUT2D eigenvalue weighted by Gasteiger charge is -2.27. The second kappa shape index (κ2) is 7.89. The number of amides is 3. The molecule has 1 aromatic carbocycles. The minimum atomic E-state index is -1.02. The molecule has 0 aliphatic carbocycles. The summed E-state index contributed by atoms with van der Waals surface area (Å²) in [6.07, 6.45) is 3.61. The van der Waals surface area contributed by atoms with Crippen molar-refractivity contribution in [3.05, 3.63) is 64.6 Å². The van der Waals surface area contributed by atoms with E-state index in [0.717, 1.165) is 27.3 Å². The zero-order valence-corrected chi connectivity index (χ0v) is 18.8. The highest BCUT2D eigenvalue weighted by atomic mass is 19.1. The van der Waals surface area contributed by atoms with E-state index in [1.165, 1.54) is 23.2 Å². The van der Waals surface area contributed by atoms with E-state index in [0.29, 0.717) is 31.0 Å². The van der Waals surface area contributed by atoms with Crippen LogP contribution in [0.15, 0.2) is 35.1 Å². The van der Waals surface area contributed by atoms with E-state index in [2.05, 4.69) is 10.3 Å². The molecule has 1 saturated heterocycles. The number of hydrogen-bond donors (Lipinski definition) is 0. The minimum Gasteiger partial charge on any atom is -0.361 e. The van der Waals surface area contributed by atoms with Gasteiger partial charge in [-0.25, -0.2) is 14.1 Å². The van der Waals surface area contributed by atoms with Gasteiger partial charge in [-0.15, -0.1) is 0 Å². The fourth-order valence-corrected chi connectivity index (χ4v) is 4.08. The van der Waals surface area contributed by atoms with Gasteiger partial charge in [0.05, 0.1) is 24.1 Å². The Morgan fingerprint density at radius 1 is 1.12 bits per heavy atom. The van der Waals surface area contributed by atoms with E-state index >= 15 is 0 Å². The molecule has 0 bridgehead atoms. The third-order valence-corrected chi connectivity index (χ3v) is 5.93. The molecule has 3 amide bonds. The Morgan fingerprint density at radius 2 is 1.88 bits per heavy atom. The van der Waals surface area contributed by atoms with Crippen molar-refractivity contribution in [2.24, 2.45) is 0 Å². The molecule has 168 valence electrons. The first-order chi connectivity index (χ1) is 15.1. The van der Waals surface area contributed by atoms with E-state index in [1.54, 1.807) is 24.7 Å². The molecule has 9 heteroatoms. The number of anilines is 1. The number of benzene rings is 1. The number of carbonyl (C=O) groups excluding carboxylic acids is 2. The number of aromatic nitrogens is 3. The van der Waals surface area contributed by atoms with Crippen LogP contribution in [0.1, 0.15) is 42.0 Å². The van der Waals surface area contributed by atoms with Gasteiger partial charge in [-0.1, -0.05) is 11.2 Å². The van der Waals surface area contributed by atoms with Crippen LogP contribution in [-0.4, -0.2) is 43.9 Å². The summed E-state index contributed by atoms with van der Waals surface area (Å²) >= 11 is 0. The molecule has 0 N–H and O–H groups in total. The van der Waals surface area contributed by atoms with Crippen LogP contribution in [0, 0.1) is 26.6 Å². The quantitative estimate of drug-likeness (QED) is 0.546. The largest absolute Gasteiger partial charge is 0.361 e. The maximum atomic E-state index is 13.7. The smallest absolute Gasteiger partial charge is 0.332 e. The molecule has 2 aromatic heterocycles. The molecular formula is C23H26FN5O3. The number of urea groups is 1. The lowest BCUT2D eigenvalue weighted by Crippen LogP contribution is -2.45. The van der Waals surface area contributed by atoms with E-state index < -0.39 is 11.6 Å². The topological polar surface area (TPSA) is 84.5 Å². The first kappa shape index (κ1) is 21.7. The lowest BCUT2D eigenvalue weighted by atomic mass is 10.0. The van der Waals surface area contributed by atoms with Crippen LogP contribution < -0.4 is 4.90 Å². The van der Waals surface area contributed by atoms with Crippen molar-refractivity contribution >= 4 is 17.6 Å². The SMILES string of the molecule is Cc1cc(F)cc(CCN2C(=O)N(c3cnn(Cc4c(C)noc4C)c3)C(=O)C2(C)C)c1. The summed E-state index contributed by atoms with van der Waals surface area (Å²) in [6, 6.07) is 4.39. The Morgan fingerprint density at radius 3 is 2.53 bits per heavy atom. The molecule has 1 fully saturated rings. The molecule has 1 aliphatic rings. The number of imide groups is 1. The second-order valence-corrected chi connectivity index (χ2v) is 8.72. The molecule has 0 unspecified atom stereocenters. The standard InChI is InChI=1S/C23H26FN5O3/c1-14-8-17(10-18(24)9-14)6-7-28-22(31)29(21(30)23(28,4)5)19-11-25-27(12-19)13-20-15(2)26-32-16(20)3/h8-12H,6-7,13H2,1-5H3. The van der Waals surface area contributed by atoms with Gasteiger partial charge in [0, 0.05) is 18.3 Å². The third kappa shape index (κ3) is 3.79. The summed E-state index contributed by atoms with van der Waals surface area (Å²) in [5.74, 6) is 0.0676. The Balaban J connectivity index is 1.53. The van der Waals surface area contributed by atoms with E-state index in [-0.39, 0.29) is 11.7 Å². The van der Waals surface area contributed by atoms with Crippen molar-refractivity contribution in [3.8, 4) is 0 Å². The highest BCUT2D eigenvalue weighted by molar-refractivity contribution is 6.22. The van der Waals surface area contributed by atoms with Crippen molar-refractivity contribution in [2.45, 2.75) is 53.1 Å². The third-order valence-electron chi connectivity index (χ3n) is 5.93. The van der Waals surface area contributed by atoms with Gasteiger partial charge in [0.1, 0.15) is 17.1 Å². The molecule has 32 heavy (non-hydrogen) atoms. The predicted molar refractivity (Wildman–Crippen MR) is 116 cm³/mol. The van der Waals surface area contributed by atoms with Crippen molar-refractivity contribution < 1.29 is 18.5 Å². The van der Waals surface area contributed by atoms with Gasteiger partial charge in [-0.05, 0) is 64.3 Å². The summed E-state index contributed by atoms with van der Waals surface area (Å²) in [7, 11) is 0. The van der Waals surface area contributed by atoms with Crippen molar-refractivity contribution in [1.82, 2.24) is 19.8 Å². The van der Waals surface area contributed by atoms with Gasteiger partial charge in [0.15, 0.2) is 0 Å². The fraction of sp³-hybridized carbons (Fsp3) is 0.391. The van der Waals surface area contributed by atoms with Crippen LogP contribution in [0.3, 0.4) is 0 Å². The normalized spacial score (nSPS) is 15.8. The number of aryl methyl sites for hydroxylation is 3. The summed E-state index contributed by atoms with van der Waals surface area (Å²) in [5.41, 5.74) is 2.66. The molecule has 3 aromatic rings. The highest BCUT2D eigenvalue weighted by Crippen LogP contribution is 2.32. The average molecular weight is 439 g/mol. The fourth-order valence-electron chi connectivity index (χ4n) is 4.08. The average Bonchev–Trinajstić information content (AvgIpc) is 3.33. The number of hydrogen-bond acceptors (Lipinski definition) is 5. The summed E-state index contributed by atoms with van der Waals surface area (Å²) in [5, 5.41) is 8.25. The van der Waals surface area contributed by atoms with E-state index in [4.69, 9.17) is 4.52 Å². The number of nitrogens with zero attached hydrogens (tertiary/aromatic N) is 5. The number of halogens is 1. The van der Waals surface area contributed by atoms with Crippen LogP contribution in [0.2, 0.25) is 0 Å². The lowest BCUT2D eigenvalue weighted by molar-refractivity contribution is -0.123. The van der Waals surface area contributed by atoms with E-state index in [9.17, 15) is 14.0 Å². The Kier molecular flexibility index (Phi) is 5.36. The molecule has 0 atom stereocenters. The van der Waals surface area contributed by atoms with Gasteiger partial charge < -0.3 is 9.42 Å². The second-order valence-electron chi connectivity index (χ2n) is 8.72. The Bertz CT molecular complexity index is 1160. The van der Waals surface area contributed by atoms with Crippen LogP contribution in [0.25, 0.3) is 0 Å². The molecule has 3 heterocycles. The van der Waals surface area contributed by atoms with Gasteiger partial charge in [-0.3, -0.25) is 9.48 Å². The van der Waals surface area contributed by atoms with Gasteiger partial charge >= 0.3 is 6.03 Å². The van der Waals surface area contributed by atoms with Crippen LogP contribution in [0.5, 0.6) is 0 Å². The maximum Gasteiger partial charge on any atom is 0.332 e. The van der Waals surface area contributed by atoms with Crippen LogP contribution in [-0.2, 0) is 17.8 Å². The monoisotopic (exact) mass is 439 g/mol. The van der Waals surface area contributed by atoms with E-state index in [1.807, 2.05) is 26.8 Å². The number of carbonyl (C=O) groups is 2. The van der Waals surface area contributed by atoms with Crippen molar-refractivity contribution in [2.75, 3.05) is 11.4 Å². The zero-order chi connectivity index (χ0) is 23.2. The molecule has 0 spiro atoms. The molecule has 8 nitrogen and oxygen atoms in total. The minimum absolute atomic E-state index is 0.296. The van der Waals surface area contributed by atoms with Crippen molar-refractivity contribution in [3.63, 3.8) is 0 Å². The van der Waals surface area contributed by atoms with Gasteiger partial charge in [0.2, 0.25) is 0 Å². The Labute approximate surface area is 185 Å². The maximum absolute atomic E-state index is 13.7. The van der Waals surface area contributed by atoms with Gasteiger partial charge in [0.25, 0.3) is 5.91 Å². The molecular weight excluding hydrogens is 413 g/mol. The first-order valence-electron chi connectivity index (χ1n) is 10.4.